The lowest BCUT2D eigenvalue weighted by Crippen LogP contribution is -2.36. The molecule has 1 aromatic heterocycles. The maximum Gasteiger partial charge on any atom is 0.231 e. The Balaban J connectivity index is 1.64. The highest BCUT2D eigenvalue weighted by Crippen LogP contribution is 2.26. The van der Waals surface area contributed by atoms with Gasteiger partial charge in [-0.2, -0.15) is 0 Å². The summed E-state index contributed by atoms with van der Waals surface area (Å²) in [6, 6.07) is 14.6. The summed E-state index contributed by atoms with van der Waals surface area (Å²) in [7, 11) is 2.10. The summed E-state index contributed by atoms with van der Waals surface area (Å²) in [6.07, 6.45) is 2.39. The van der Waals surface area contributed by atoms with Crippen molar-refractivity contribution in [2.24, 2.45) is 0 Å². The first-order valence-electron chi connectivity index (χ1n) is 8.75. The van der Waals surface area contributed by atoms with Gasteiger partial charge in [-0.1, -0.05) is 30.3 Å². The molecule has 3 aromatic rings. The van der Waals surface area contributed by atoms with Gasteiger partial charge in [0.2, 0.25) is 5.91 Å². The van der Waals surface area contributed by atoms with Gasteiger partial charge in [0.15, 0.2) is 0 Å². The molecule has 128 valence electrons. The van der Waals surface area contributed by atoms with Crippen LogP contribution >= 0.6 is 0 Å². The highest BCUT2D eigenvalue weighted by molar-refractivity contribution is 5.98. The second-order valence-corrected chi connectivity index (χ2v) is 6.95. The lowest BCUT2D eigenvalue weighted by Gasteiger charge is -2.22. The maximum atomic E-state index is 13.1. The Morgan fingerprint density at radius 1 is 1.16 bits per heavy atom. The van der Waals surface area contributed by atoms with E-state index in [1.165, 1.54) is 11.1 Å². The second-order valence-electron chi connectivity index (χ2n) is 6.95. The summed E-state index contributed by atoms with van der Waals surface area (Å²) in [5, 5.41) is 1.14. The van der Waals surface area contributed by atoms with Crippen LogP contribution in [0.2, 0.25) is 0 Å². The van der Waals surface area contributed by atoms with E-state index in [0.717, 1.165) is 41.8 Å². The zero-order valence-electron chi connectivity index (χ0n) is 14.7. The number of hydrogen-bond donors (Lipinski definition) is 1. The molecule has 4 rings (SSSR count). The van der Waals surface area contributed by atoms with Crippen molar-refractivity contribution in [3.8, 4) is 0 Å². The molecule has 0 fully saturated rings. The molecule has 0 spiro atoms. The number of likely N-dealkylation sites (N-methyl/N-ethyl adjacent to an activating group) is 1. The Hall–Kier alpha value is -2.59. The summed E-state index contributed by atoms with van der Waals surface area (Å²) in [4.78, 5) is 20.6. The van der Waals surface area contributed by atoms with E-state index in [-0.39, 0.29) is 5.91 Å². The number of H-pyrrole nitrogens is 1. The molecule has 0 bridgehead atoms. The Morgan fingerprint density at radius 2 is 2.00 bits per heavy atom. The number of amides is 1. The Labute approximate surface area is 148 Å². The van der Waals surface area contributed by atoms with Gasteiger partial charge in [0.05, 0.1) is 6.42 Å². The van der Waals surface area contributed by atoms with E-state index >= 15 is 0 Å². The number of aromatic amines is 1. The fourth-order valence-corrected chi connectivity index (χ4v) is 3.63. The molecule has 1 aliphatic heterocycles. The van der Waals surface area contributed by atoms with Gasteiger partial charge in [-0.05, 0) is 42.8 Å². The van der Waals surface area contributed by atoms with Gasteiger partial charge in [-0.3, -0.25) is 4.79 Å². The number of aryl methyl sites for hydroxylation is 1. The fraction of sp³-hybridized carbons (Fsp3) is 0.286. The van der Waals surface area contributed by atoms with Crippen molar-refractivity contribution in [2.45, 2.75) is 19.9 Å². The highest BCUT2D eigenvalue weighted by atomic mass is 16.2. The number of nitrogens with zero attached hydrogens (tertiary/aromatic N) is 2. The molecule has 0 saturated carbocycles. The van der Waals surface area contributed by atoms with Crippen molar-refractivity contribution >= 4 is 22.5 Å². The van der Waals surface area contributed by atoms with E-state index in [0.29, 0.717) is 6.42 Å². The molecule has 1 aliphatic rings. The number of nitrogens with one attached hydrogen (secondary N) is 1. The summed E-state index contributed by atoms with van der Waals surface area (Å²) in [5.41, 5.74) is 5.64. The number of anilines is 1. The molecule has 2 aromatic carbocycles. The number of carbonyl (C=O) groups excluding carboxylic acids is 1. The zero-order valence-corrected chi connectivity index (χ0v) is 14.7. The summed E-state index contributed by atoms with van der Waals surface area (Å²) in [5.74, 6) is 0.157. The molecule has 0 atom stereocenters. The Morgan fingerprint density at radius 3 is 2.88 bits per heavy atom. The van der Waals surface area contributed by atoms with Crippen molar-refractivity contribution in [3.63, 3.8) is 0 Å². The van der Waals surface area contributed by atoms with Crippen molar-refractivity contribution in [1.82, 2.24) is 9.88 Å². The van der Waals surface area contributed by atoms with Crippen molar-refractivity contribution in [1.29, 1.82) is 0 Å². The Bertz CT molecular complexity index is 928. The standard InChI is InChI=1S/C21H23N3O/c1-15-7-8-18-17(13-22-19(18)11-15)12-21(25)24-10-9-23(2)14-16-5-3-4-6-20(16)24/h3-8,11,13,22H,9-10,12,14H2,1-2H3. The SMILES string of the molecule is Cc1ccc2c(CC(=O)N3CCN(C)Cc4ccccc43)c[nH]c2c1. The van der Waals surface area contributed by atoms with E-state index in [1.807, 2.05) is 23.2 Å². The van der Waals surface area contributed by atoms with Crippen molar-refractivity contribution in [2.75, 3.05) is 25.0 Å². The third-order valence-electron chi connectivity index (χ3n) is 4.99. The third kappa shape index (κ3) is 3.05. The average Bonchev–Trinajstić information content (AvgIpc) is 2.89. The van der Waals surface area contributed by atoms with E-state index in [2.05, 4.69) is 54.2 Å². The maximum absolute atomic E-state index is 13.1. The Kier molecular flexibility index (Phi) is 4.06. The van der Waals surface area contributed by atoms with Crippen LogP contribution < -0.4 is 4.90 Å². The van der Waals surface area contributed by atoms with Gasteiger partial charge >= 0.3 is 0 Å². The van der Waals surface area contributed by atoms with Crippen molar-refractivity contribution in [3.05, 3.63) is 65.4 Å². The predicted molar refractivity (Wildman–Crippen MR) is 102 cm³/mol. The molecule has 0 radical (unpaired) electrons. The molecule has 4 nitrogen and oxygen atoms in total. The van der Waals surface area contributed by atoms with Gasteiger partial charge in [0.25, 0.3) is 0 Å². The number of fused-ring (bicyclic) bond motifs is 2. The molecule has 1 N–H and O–H groups in total. The van der Waals surface area contributed by atoms with Crippen LogP contribution in [0.1, 0.15) is 16.7 Å². The van der Waals surface area contributed by atoms with Crippen LogP contribution in [0, 0.1) is 6.92 Å². The lowest BCUT2D eigenvalue weighted by molar-refractivity contribution is -0.118. The van der Waals surface area contributed by atoms with Crippen molar-refractivity contribution < 1.29 is 4.79 Å². The highest BCUT2D eigenvalue weighted by Gasteiger charge is 2.23. The number of aromatic nitrogens is 1. The largest absolute Gasteiger partial charge is 0.361 e. The first kappa shape index (κ1) is 15.9. The molecule has 25 heavy (non-hydrogen) atoms. The first-order valence-corrected chi connectivity index (χ1v) is 8.75. The van der Waals surface area contributed by atoms with Gasteiger partial charge in [-0.15, -0.1) is 0 Å². The van der Waals surface area contributed by atoms with Crippen LogP contribution in [0.3, 0.4) is 0 Å². The van der Waals surface area contributed by atoms with Crippen LogP contribution in [0.15, 0.2) is 48.7 Å². The topological polar surface area (TPSA) is 39.3 Å². The van der Waals surface area contributed by atoms with Crippen LogP contribution in [0.4, 0.5) is 5.69 Å². The third-order valence-corrected chi connectivity index (χ3v) is 4.99. The number of hydrogen-bond acceptors (Lipinski definition) is 2. The van der Waals surface area contributed by atoms with Crippen LogP contribution in [-0.2, 0) is 17.8 Å². The molecule has 2 heterocycles. The summed E-state index contributed by atoms with van der Waals surface area (Å²) in [6.45, 7) is 4.57. The molecule has 0 unspecified atom stereocenters. The van der Waals surface area contributed by atoms with Gasteiger partial charge < -0.3 is 14.8 Å². The number of carbonyl (C=O) groups is 1. The monoisotopic (exact) mass is 333 g/mol. The number of para-hydroxylation sites is 1. The molecule has 0 saturated heterocycles. The van der Waals surface area contributed by atoms with E-state index in [9.17, 15) is 4.79 Å². The van der Waals surface area contributed by atoms with Gasteiger partial charge in [-0.25, -0.2) is 0 Å². The summed E-state index contributed by atoms with van der Waals surface area (Å²) >= 11 is 0. The second kappa shape index (κ2) is 6.37. The quantitative estimate of drug-likeness (QED) is 0.780. The van der Waals surface area contributed by atoms with E-state index in [1.54, 1.807) is 0 Å². The average molecular weight is 333 g/mol. The number of benzene rings is 2. The van der Waals surface area contributed by atoms with E-state index in [4.69, 9.17) is 0 Å². The molecular formula is C21H23N3O. The zero-order chi connectivity index (χ0) is 17.4. The minimum absolute atomic E-state index is 0.157. The number of rotatable bonds is 2. The van der Waals surface area contributed by atoms with Crippen LogP contribution in [0.5, 0.6) is 0 Å². The van der Waals surface area contributed by atoms with E-state index < -0.39 is 0 Å². The van der Waals surface area contributed by atoms with Crippen LogP contribution in [-0.4, -0.2) is 35.9 Å². The normalized spacial score (nSPS) is 15.2. The molecule has 1 amide bonds. The summed E-state index contributed by atoms with van der Waals surface area (Å²) < 4.78 is 0. The lowest BCUT2D eigenvalue weighted by atomic mass is 10.1. The van der Waals surface area contributed by atoms with Crippen LogP contribution in [0.25, 0.3) is 10.9 Å². The molecule has 4 heteroatoms. The minimum atomic E-state index is 0.157. The van der Waals surface area contributed by atoms with Gasteiger partial charge in [0.1, 0.15) is 0 Å². The smallest absolute Gasteiger partial charge is 0.231 e. The predicted octanol–water partition coefficient (Wildman–Crippen LogP) is 3.50. The molecule has 0 aliphatic carbocycles. The van der Waals surface area contributed by atoms with Gasteiger partial charge in [0, 0.05) is 42.4 Å². The molecular weight excluding hydrogens is 310 g/mol. The minimum Gasteiger partial charge on any atom is -0.361 e. The first-order chi connectivity index (χ1) is 12.1. The fourth-order valence-electron chi connectivity index (χ4n) is 3.63.